The minimum Gasteiger partial charge on any atom is -0.318 e. The quantitative estimate of drug-likeness (QED) is 0.825. The fourth-order valence-electron chi connectivity index (χ4n) is 1.81. The van der Waals surface area contributed by atoms with Crippen molar-refractivity contribution >= 4 is 10.9 Å². The third-order valence-corrected chi connectivity index (χ3v) is 2.73. The standard InChI is InChI=1S/C12H17N3/c1-9-4-5-11-10(2)15(7-6-13-3)14-12(11)8-9/h4-5,8,13H,6-7H2,1-3H3. The second-order valence-corrected chi connectivity index (χ2v) is 3.93. The molecule has 2 rings (SSSR count). The van der Waals surface area contributed by atoms with Crippen molar-refractivity contribution in [2.45, 2.75) is 20.4 Å². The fourth-order valence-corrected chi connectivity index (χ4v) is 1.81. The van der Waals surface area contributed by atoms with Crippen LogP contribution in [0.3, 0.4) is 0 Å². The molecule has 0 bridgehead atoms. The normalized spacial score (nSPS) is 11.1. The van der Waals surface area contributed by atoms with Gasteiger partial charge in [0.2, 0.25) is 0 Å². The van der Waals surface area contributed by atoms with Gasteiger partial charge in [0.25, 0.3) is 0 Å². The van der Waals surface area contributed by atoms with Crippen LogP contribution in [0.2, 0.25) is 0 Å². The Morgan fingerprint density at radius 3 is 2.87 bits per heavy atom. The van der Waals surface area contributed by atoms with E-state index in [4.69, 9.17) is 0 Å². The lowest BCUT2D eigenvalue weighted by Crippen LogP contribution is -2.16. The van der Waals surface area contributed by atoms with Crippen LogP contribution in [-0.2, 0) is 6.54 Å². The van der Waals surface area contributed by atoms with Crippen molar-refractivity contribution in [3.05, 3.63) is 29.5 Å². The van der Waals surface area contributed by atoms with Gasteiger partial charge >= 0.3 is 0 Å². The monoisotopic (exact) mass is 203 g/mol. The first-order valence-corrected chi connectivity index (χ1v) is 5.31. The first kappa shape index (κ1) is 10.2. The highest BCUT2D eigenvalue weighted by Crippen LogP contribution is 2.18. The second kappa shape index (κ2) is 4.03. The first-order chi connectivity index (χ1) is 7.22. The molecular formula is C12H17N3. The number of likely N-dealkylation sites (N-methyl/N-ethyl adjacent to an activating group) is 1. The van der Waals surface area contributed by atoms with Crippen molar-refractivity contribution in [3.8, 4) is 0 Å². The fraction of sp³-hybridized carbons (Fsp3) is 0.417. The van der Waals surface area contributed by atoms with Gasteiger partial charge in [-0.15, -0.1) is 0 Å². The van der Waals surface area contributed by atoms with E-state index in [1.54, 1.807) is 0 Å². The highest BCUT2D eigenvalue weighted by Gasteiger charge is 2.05. The predicted molar refractivity (Wildman–Crippen MR) is 63.1 cm³/mol. The van der Waals surface area contributed by atoms with E-state index >= 15 is 0 Å². The molecule has 1 N–H and O–H groups in total. The number of fused-ring (bicyclic) bond motifs is 1. The zero-order valence-electron chi connectivity index (χ0n) is 9.54. The largest absolute Gasteiger partial charge is 0.318 e. The average molecular weight is 203 g/mol. The molecule has 0 aliphatic heterocycles. The van der Waals surface area contributed by atoms with Crippen molar-refractivity contribution < 1.29 is 0 Å². The van der Waals surface area contributed by atoms with E-state index in [1.807, 2.05) is 7.05 Å². The van der Waals surface area contributed by atoms with Gasteiger partial charge in [0.15, 0.2) is 0 Å². The lowest BCUT2D eigenvalue weighted by Gasteiger charge is -2.02. The zero-order chi connectivity index (χ0) is 10.8. The molecule has 1 aromatic heterocycles. The molecule has 0 amide bonds. The molecule has 0 radical (unpaired) electrons. The van der Waals surface area contributed by atoms with Gasteiger partial charge < -0.3 is 5.32 Å². The van der Waals surface area contributed by atoms with Gasteiger partial charge in [-0.25, -0.2) is 0 Å². The topological polar surface area (TPSA) is 29.9 Å². The van der Waals surface area contributed by atoms with E-state index in [0.29, 0.717) is 0 Å². The molecule has 0 aliphatic carbocycles. The lowest BCUT2D eigenvalue weighted by molar-refractivity contribution is 0.577. The third kappa shape index (κ3) is 1.88. The van der Waals surface area contributed by atoms with Crippen molar-refractivity contribution in [1.29, 1.82) is 0 Å². The van der Waals surface area contributed by atoms with Crippen LogP contribution in [0, 0.1) is 13.8 Å². The second-order valence-electron chi connectivity index (χ2n) is 3.93. The molecule has 1 aromatic carbocycles. The number of aryl methyl sites for hydroxylation is 2. The lowest BCUT2D eigenvalue weighted by atomic mass is 10.1. The molecule has 0 unspecified atom stereocenters. The zero-order valence-corrected chi connectivity index (χ0v) is 9.54. The van der Waals surface area contributed by atoms with Crippen LogP contribution >= 0.6 is 0 Å². The number of nitrogens with zero attached hydrogens (tertiary/aromatic N) is 2. The summed E-state index contributed by atoms with van der Waals surface area (Å²) in [5, 5.41) is 8.99. The number of hydrogen-bond donors (Lipinski definition) is 1. The van der Waals surface area contributed by atoms with Gasteiger partial charge in [-0.2, -0.15) is 5.10 Å². The molecule has 0 saturated heterocycles. The van der Waals surface area contributed by atoms with E-state index in [0.717, 1.165) is 18.6 Å². The van der Waals surface area contributed by atoms with Crippen molar-refractivity contribution in [1.82, 2.24) is 15.1 Å². The predicted octanol–water partition coefficient (Wildman–Crippen LogP) is 1.87. The average Bonchev–Trinajstić information content (AvgIpc) is 2.52. The number of aromatic nitrogens is 2. The van der Waals surface area contributed by atoms with E-state index in [1.165, 1.54) is 16.6 Å². The Bertz CT molecular complexity index is 471. The Morgan fingerprint density at radius 1 is 1.33 bits per heavy atom. The summed E-state index contributed by atoms with van der Waals surface area (Å²) in [6.45, 7) is 6.10. The summed E-state index contributed by atoms with van der Waals surface area (Å²) in [4.78, 5) is 0. The summed E-state index contributed by atoms with van der Waals surface area (Å²) >= 11 is 0. The highest BCUT2D eigenvalue weighted by molar-refractivity contribution is 5.81. The van der Waals surface area contributed by atoms with Crippen LogP contribution in [-0.4, -0.2) is 23.4 Å². The van der Waals surface area contributed by atoms with Gasteiger partial charge in [-0.1, -0.05) is 12.1 Å². The Labute approximate surface area is 90.1 Å². The van der Waals surface area contributed by atoms with Crippen LogP contribution in [0.5, 0.6) is 0 Å². The maximum atomic E-state index is 4.59. The Kier molecular flexibility index (Phi) is 2.73. The Balaban J connectivity index is 2.44. The van der Waals surface area contributed by atoms with Crippen LogP contribution in [0.4, 0.5) is 0 Å². The number of benzene rings is 1. The van der Waals surface area contributed by atoms with E-state index in [2.05, 4.69) is 47.1 Å². The molecule has 0 saturated carbocycles. The summed E-state index contributed by atoms with van der Waals surface area (Å²) in [5.41, 5.74) is 3.62. The summed E-state index contributed by atoms with van der Waals surface area (Å²) in [5.74, 6) is 0. The van der Waals surface area contributed by atoms with Gasteiger partial charge in [-0.05, 0) is 32.5 Å². The summed E-state index contributed by atoms with van der Waals surface area (Å²) in [7, 11) is 1.96. The number of rotatable bonds is 3. The number of hydrogen-bond acceptors (Lipinski definition) is 2. The molecule has 15 heavy (non-hydrogen) atoms. The summed E-state index contributed by atoms with van der Waals surface area (Å²) in [6, 6.07) is 6.43. The first-order valence-electron chi connectivity index (χ1n) is 5.31. The third-order valence-electron chi connectivity index (χ3n) is 2.73. The molecule has 0 spiro atoms. The molecule has 3 heteroatoms. The van der Waals surface area contributed by atoms with E-state index < -0.39 is 0 Å². The van der Waals surface area contributed by atoms with Crippen molar-refractivity contribution in [2.75, 3.05) is 13.6 Å². The summed E-state index contributed by atoms with van der Waals surface area (Å²) < 4.78 is 2.07. The molecule has 3 nitrogen and oxygen atoms in total. The Morgan fingerprint density at radius 2 is 2.13 bits per heavy atom. The van der Waals surface area contributed by atoms with Crippen molar-refractivity contribution in [2.24, 2.45) is 0 Å². The van der Waals surface area contributed by atoms with Crippen LogP contribution in [0.25, 0.3) is 10.9 Å². The van der Waals surface area contributed by atoms with Crippen molar-refractivity contribution in [3.63, 3.8) is 0 Å². The molecule has 1 heterocycles. The van der Waals surface area contributed by atoms with Gasteiger partial charge in [0.1, 0.15) is 0 Å². The summed E-state index contributed by atoms with van der Waals surface area (Å²) in [6.07, 6.45) is 0. The van der Waals surface area contributed by atoms with E-state index in [-0.39, 0.29) is 0 Å². The van der Waals surface area contributed by atoms with Gasteiger partial charge in [0.05, 0.1) is 12.1 Å². The highest BCUT2D eigenvalue weighted by atomic mass is 15.3. The molecule has 2 aromatic rings. The number of nitrogens with one attached hydrogen (secondary N) is 1. The smallest absolute Gasteiger partial charge is 0.0928 e. The van der Waals surface area contributed by atoms with Gasteiger partial charge in [0, 0.05) is 17.6 Å². The van der Waals surface area contributed by atoms with Crippen LogP contribution in [0.15, 0.2) is 18.2 Å². The Hall–Kier alpha value is -1.35. The SMILES string of the molecule is CNCCn1nc2cc(C)ccc2c1C. The van der Waals surface area contributed by atoms with Crippen LogP contribution in [0.1, 0.15) is 11.3 Å². The van der Waals surface area contributed by atoms with Crippen LogP contribution < -0.4 is 5.32 Å². The maximum absolute atomic E-state index is 4.59. The van der Waals surface area contributed by atoms with E-state index in [9.17, 15) is 0 Å². The van der Waals surface area contributed by atoms with Gasteiger partial charge in [-0.3, -0.25) is 4.68 Å². The minimum atomic E-state index is 0.927. The molecule has 0 aliphatic rings. The maximum Gasteiger partial charge on any atom is 0.0928 e. The minimum absolute atomic E-state index is 0.927. The molecular weight excluding hydrogens is 186 g/mol. The molecule has 0 fully saturated rings. The molecule has 0 atom stereocenters. The molecule has 80 valence electrons.